The number of carbonyl (C=O) groups is 1. The average molecular weight is 465 g/mol. The number of hydrogen-bond acceptors (Lipinski definition) is 5. The molecule has 1 aromatic heterocycles. The molecule has 2 aliphatic heterocycles. The number of carbonyl (C=O) groups excluding carboxylic acids is 1. The summed E-state index contributed by atoms with van der Waals surface area (Å²) in [5.41, 5.74) is 0.299. The molecule has 0 radical (unpaired) electrons. The SMILES string of the molecule is O=C1c2c(O)c(=O)ccn2N2CN1C[C@@H]1C[C@H]1COc1c(ccc(F)c1F)[C@H]2c1ccccc1. The summed E-state index contributed by atoms with van der Waals surface area (Å²) in [6, 6.07) is 12.2. The fourth-order valence-electron chi connectivity index (χ4n) is 5.00. The lowest BCUT2D eigenvalue weighted by molar-refractivity contribution is 0.0667. The number of amides is 1. The quantitative estimate of drug-likeness (QED) is 0.598. The number of aromatic nitrogens is 1. The van der Waals surface area contributed by atoms with E-state index < -0.39 is 34.8 Å². The molecule has 3 aromatic rings. The van der Waals surface area contributed by atoms with Gasteiger partial charge < -0.3 is 14.7 Å². The van der Waals surface area contributed by atoms with Gasteiger partial charge in [0.05, 0.1) is 6.61 Å². The summed E-state index contributed by atoms with van der Waals surface area (Å²) in [6.45, 7) is 0.730. The van der Waals surface area contributed by atoms with Crippen LogP contribution in [0.25, 0.3) is 0 Å². The molecule has 174 valence electrons. The van der Waals surface area contributed by atoms with Crippen LogP contribution >= 0.6 is 0 Å². The van der Waals surface area contributed by atoms with E-state index in [0.717, 1.165) is 18.1 Å². The highest BCUT2D eigenvalue weighted by Gasteiger charge is 2.45. The Labute approximate surface area is 193 Å². The molecule has 2 bridgehead atoms. The van der Waals surface area contributed by atoms with Gasteiger partial charge in [0.2, 0.25) is 11.2 Å². The molecule has 1 aliphatic carbocycles. The standard InChI is InChI=1S/C25H21F2N3O4/c26-18-7-6-17-21(14-4-2-1-3-5-14)30-13-28(11-15-10-16(15)12-34-24(17)20(18)27)25(33)22-23(32)19(31)8-9-29(22)30/h1-9,15-16,21,32H,10-13H2/t15-,16-,21+/m0/s1. The van der Waals surface area contributed by atoms with Gasteiger partial charge in [0.1, 0.15) is 12.7 Å². The van der Waals surface area contributed by atoms with Crippen LogP contribution in [0.4, 0.5) is 8.78 Å². The summed E-state index contributed by atoms with van der Waals surface area (Å²) >= 11 is 0. The number of aromatic hydroxyl groups is 1. The third-order valence-electron chi connectivity index (χ3n) is 6.89. The molecule has 9 heteroatoms. The predicted octanol–water partition coefficient (Wildman–Crippen LogP) is 3.00. The monoisotopic (exact) mass is 465 g/mol. The van der Waals surface area contributed by atoms with Gasteiger partial charge in [0.15, 0.2) is 23.0 Å². The summed E-state index contributed by atoms with van der Waals surface area (Å²) in [7, 11) is 0. The average Bonchev–Trinajstić information content (AvgIpc) is 3.58. The van der Waals surface area contributed by atoms with E-state index in [4.69, 9.17) is 4.74 Å². The minimum atomic E-state index is -1.07. The third-order valence-corrected chi connectivity index (χ3v) is 6.89. The highest BCUT2D eigenvalue weighted by atomic mass is 19.2. The highest BCUT2D eigenvalue weighted by molar-refractivity contribution is 5.96. The van der Waals surface area contributed by atoms with Gasteiger partial charge in [-0.1, -0.05) is 30.3 Å². The van der Waals surface area contributed by atoms with E-state index in [1.807, 2.05) is 30.3 Å². The Morgan fingerprint density at radius 2 is 1.79 bits per heavy atom. The summed E-state index contributed by atoms with van der Waals surface area (Å²) in [5.74, 6) is -3.11. The Balaban J connectivity index is 1.64. The van der Waals surface area contributed by atoms with Crippen LogP contribution in [0.2, 0.25) is 0 Å². The van der Waals surface area contributed by atoms with Crippen molar-refractivity contribution in [3.63, 3.8) is 0 Å². The van der Waals surface area contributed by atoms with Crippen LogP contribution < -0.4 is 15.2 Å². The topological polar surface area (TPSA) is 75.0 Å². The predicted molar refractivity (Wildman–Crippen MR) is 118 cm³/mol. The van der Waals surface area contributed by atoms with Gasteiger partial charge in [-0.05, 0) is 36.0 Å². The van der Waals surface area contributed by atoms with E-state index in [-0.39, 0.29) is 36.6 Å². The zero-order chi connectivity index (χ0) is 23.6. The van der Waals surface area contributed by atoms with Gasteiger partial charge in [-0.3, -0.25) is 19.3 Å². The van der Waals surface area contributed by atoms with E-state index in [1.165, 1.54) is 23.0 Å². The van der Waals surface area contributed by atoms with Crippen molar-refractivity contribution in [3.05, 3.63) is 93.4 Å². The van der Waals surface area contributed by atoms with E-state index in [1.54, 1.807) is 9.91 Å². The lowest BCUT2D eigenvalue weighted by Crippen LogP contribution is -2.56. The van der Waals surface area contributed by atoms with Gasteiger partial charge in [-0.25, -0.2) is 4.39 Å². The summed E-state index contributed by atoms with van der Waals surface area (Å²) < 4.78 is 36.7. The normalized spacial score (nSPS) is 23.2. The molecule has 0 unspecified atom stereocenters. The molecule has 1 N–H and O–H groups in total. The van der Waals surface area contributed by atoms with Crippen LogP contribution in [0, 0.1) is 23.5 Å². The van der Waals surface area contributed by atoms with Gasteiger partial charge in [-0.2, -0.15) is 4.39 Å². The number of halogens is 2. The van der Waals surface area contributed by atoms with E-state index in [9.17, 15) is 19.1 Å². The number of nitrogens with zero attached hydrogens (tertiary/aromatic N) is 3. The van der Waals surface area contributed by atoms with Gasteiger partial charge in [-0.15, -0.1) is 0 Å². The van der Waals surface area contributed by atoms with Crippen molar-refractivity contribution < 1.29 is 23.4 Å². The zero-order valence-electron chi connectivity index (χ0n) is 18.0. The minimum absolute atomic E-state index is 0.0959. The van der Waals surface area contributed by atoms with Gasteiger partial charge in [0.25, 0.3) is 5.91 Å². The largest absolute Gasteiger partial charge is 0.502 e. The summed E-state index contributed by atoms with van der Waals surface area (Å²) in [5, 5.41) is 12.3. The number of ether oxygens (including phenoxy) is 1. The number of pyridine rings is 1. The van der Waals surface area contributed by atoms with Crippen molar-refractivity contribution in [1.82, 2.24) is 9.58 Å². The molecule has 6 rings (SSSR count). The van der Waals surface area contributed by atoms with Crippen LogP contribution in [0.15, 0.2) is 59.5 Å². The van der Waals surface area contributed by atoms with Crippen molar-refractivity contribution >= 4 is 5.91 Å². The first-order chi connectivity index (χ1) is 16.4. The first-order valence-electron chi connectivity index (χ1n) is 11.1. The highest BCUT2D eigenvalue weighted by Crippen LogP contribution is 2.44. The number of fused-ring (bicyclic) bond motifs is 6. The maximum atomic E-state index is 15.1. The Morgan fingerprint density at radius 3 is 2.59 bits per heavy atom. The van der Waals surface area contributed by atoms with E-state index in [0.29, 0.717) is 12.1 Å². The maximum absolute atomic E-state index is 15.1. The molecule has 1 saturated carbocycles. The van der Waals surface area contributed by atoms with Crippen molar-refractivity contribution in [3.8, 4) is 11.5 Å². The molecule has 1 amide bonds. The molecule has 0 saturated heterocycles. The number of hydrogen-bond donors (Lipinski definition) is 1. The Morgan fingerprint density at radius 1 is 1.00 bits per heavy atom. The van der Waals surface area contributed by atoms with Crippen molar-refractivity contribution in [2.75, 3.05) is 24.8 Å². The van der Waals surface area contributed by atoms with Crippen molar-refractivity contribution in [2.45, 2.75) is 12.5 Å². The molecular formula is C25H21F2N3O4. The number of rotatable bonds is 1. The first kappa shape index (κ1) is 20.7. The molecule has 2 aromatic carbocycles. The van der Waals surface area contributed by atoms with E-state index in [2.05, 4.69) is 0 Å². The van der Waals surface area contributed by atoms with Crippen LogP contribution in [0.3, 0.4) is 0 Å². The Kier molecular flexibility index (Phi) is 4.62. The second kappa shape index (κ2) is 7.58. The molecule has 3 atom stereocenters. The molecule has 1 fully saturated rings. The smallest absolute Gasteiger partial charge is 0.277 e. The van der Waals surface area contributed by atoms with Crippen LogP contribution in [-0.4, -0.2) is 40.4 Å². The molecule has 34 heavy (non-hydrogen) atoms. The van der Waals surface area contributed by atoms with E-state index >= 15 is 4.39 Å². The summed E-state index contributed by atoms with van der Waals surface area (Å²) in [6.07, 6.45) is 2.20. The molecule has 7 nitrogen and oxygen atoms in total. The zero-order valence-corrected chi connectivity index (χ0v) is 18.0. The van der Waals surface area contributed by atoms with Crippen LogP contribution in [0.5, 0.6) is 11.5 Å². The van der Waals surface area contributed by atoms with Crippen LogP contribution in [0.1, 0.15) is 34.1 Å². The molecule has 3 aliphatic rings. The summed E-state index contributed by atoms with van der Waals surface area (Å²) in [4.78, 5) is 27.2. The van der Waals surface area contributed by atoms with Crippen molar-refractivity contribution in [2.24, 2.45) is 11.8 Å². The second-order valence-corrected chi connectivity index (χ2v) is 8.99. The minimum Gasteiger partial charge on any atom is -0.502 e. The number of benzene rings is 2. The molecule has 0 spiro atoms. The second-order valence-electron chi connectivity index (χ2n) is 8.99. The third kappa shape index (κ3) is 3.14. The van der Waals surface area contributed by atoms with Crippen molar-refractivity contribution in [1.29, 1.82) is 0 Å². The van der Waals surface area contributed by atoms with Crippen LogP contribution in [-0.2, 0) is 0 Å². The fourth-order valence-corrected chi connectivity index (χ4v) is 5.00. The fraction of sp³-hybridized carbons (Fsp3) is 0.280. The Hall–Kier alpha value is -3.88. The molecule has 3 heterocycles. The molecular weight excluding hydrogens is 444 g/mol. The van der Waals surface area contributed by atoms with Gasteiger partial charge in [0, 0.05) is 24.4 Å². The maximum Gasteiger partial charge on any atom is 0.277 e. The Bertz CT molecular complexity index is 1360. The lowest BCUT2D eigenvalue weighted by Gasteiger charge is -2.44. The lowest BCUT2D eigenvalue weighted by atomic mass is 9.96. The first-order valence-corrected chi connectivity index (χ1v) is 11.1. The van der Waals surface area contributed by atoms with Gasteiger partial charge >= 0.3 is 0 Å².